The van der Waals surface area contributed by atoms with Gasteiger partial charge in [-0.1, -0.05) is 26.0 Å². The van der Waals surface area contributed by atoms with Crippen molar-refractivity contribution in [3.63, 3.8) is 0 Å². The SMILES string of the molecule is Cc1cccc(OCCNC(=O)CC(C)(C)CC(=O)O)c1. The van der Waals surface area contributed by atoms with Gasteiger partial charge in [0.15, 0.2) is 0 Å². The lowest BCUT2D eigenvalue weighted by Gasteiger charge is -2.21. The van der Waals surface area contributed by atoms with Gasteiger partial charge in [-0.2, -0.15) is 0 Å². The maximum Gasteiger partial charge on any atom is 0.303 e. The van der Waals surface area contributed by atoms with E-state index in [0.717, 1.165) is 11.3 Å². The van der Waals surface area contributed by atoms with Crippen LogP contribution in [0.25, 0.3) is 0 Å². The Hall–Kier alpha value is -2.04. The number of aliphatic carboxylic acids is 1. The first-order valence-corrected chi connectivity index (χ1v) is 6.96. The summed E-state index contributed by atoms with van der Waals surface area (Å²) in [4.78, 5) is 22.4. The molecular formula is C16H23NO4. The van der Waals surface area contributed by atoms with E-state index in [4.69, 9.17) is 9.84 Å². The molecule has 116 valence electrons. The lowest BCUT2D eigenvalue weighted by Crippen LogP contribution is -2.32. The second kappa shape index (κ2) is 7.67. The summed E-state index contributed by atoms with van der Waals surface area (Å²) in [6.45, 7) is 6.30. The third-order valence-electron chi connectivity index (χ3n) is 2.95. The normalized spacial score (nSPS) is 11.0. The van der Waals surface area contributed by atoms with E-state index in [1.54, 1.807) is 13.8 Å². The molecule has 0 saturated carbocycles. The summed E-state index contributed by atoms with van der Waals surface area (Å²) in [5, 5.41) is 11.5. The molecule has 1 rings (SSSR count). The van der Waals surface area contributed by atoms with Crippen molar-refractivity contribution in [3.8, 4) is 5.75 Å². The predicted molar refractivity (Wildman–Crippen MR) is 80.3 cm³/mol. The highest BCUT2D eigenvalue weighted by Gasteiger charge is 2.24. The number of carbonyl (C=O) groups is 2. The van der Waals surface area contributed by atoms with Gasteiger partial charge in [0.05, 0.1) is 13.0 Å². The van der Waals surface area contributed by atoms with E-state index in [-0.39, 0.29) is 18.7 Å². The van der Waals surface area contributed by atoms with Crippen LogP contribution >= 0.6 is 0 Å². The summed E-state index contributed by atoms with van der Waals surface area (Å²) in [6.07, 6.45) is 0.157. The quantitative estimate of drug-likeness (QED) is 0.722. The molecule has 0 bridgehead atoms. The topological polar surface area (TPSA) is 75.6 Å². The molecule has 0 heterocycles. The Morgan fingerprint density at radius 2 is 2.00 bits per heavy atom. The van der Waals surface area contributed by atoms with Crippen LogP contribution in [-0.4, -0.2) is 30.1 Å². The number of hydrogen-bond acceptors (Lipinski definition) is 3. The lowest BCUT2D eigenvalue weighted by atomic mass is 9.85. The largest absolute Gasteiger partial charge is 0.492 e. The van der Waals surface area contributed by atoms with Crippen molar-refractivity contribution in [2.45, 2.75) is 33.6 Å². The standard InChI is InChI=1S/C16H23NO4/c1-12-5-4-6-13(9-12)21-8-7-17-14(18)10-16(2,3)11-15(19)20/h4-6,9H,7-8,10-11H2,1-3H3,(H,17,18)(H,19,20). The van der Waals surface area contributed by atoms with Gasteiger partial charge in [-0.05, 0) is 30.0 Å². The van der Waals surface area contributed by atoms with Gasteiger partial charge in [-0.25, -0.2) is 0 Å². The van der Waals surface area contributed by atoms with Crippen LogP contribution in [0.4, 0.5) is 0 Å². The number of ether oxygens (including phenoxy) is 1. The summed E-state index contributed by atoms with van der Waals surface area (Å²) in [6, 6.07) is 7.69. The Balaban J connectivity index is 2.26. The molecule has 0 aliphatic heterocycles. The summed E-state index contributed by atoms with van der Waals surface area (Å²) in [5.41, 5.74) is 0.569. The fourth-order valence-electron chi connectivity index (χ4n) is 2.03. The number of aryl methyl sites for hydroxylation is 1. The van der Waals surface area contributed by atoms with E-state index in [1.165, 1.54) is 0 Å². The van der Waals surface area contributed by atoms with Gasteiger partial charge < -0.3 is 15.2 Å². The lowest BCUT2D eigenvalue weighted by molar-refractivity contribution is -0.139. The Morgan fingerprint density at radius 3 is 2.62 bits per heavy atom. The highest BCUT2D eigenvalue weighted by molar-refractivity contribution is 5.77. The van der Waals surface area contributed by atoms with Crippen LogP contribution in [0.1, 0.15) is 32.3 Å². The smallest absolute Gasteiger partial charge is 0.303 e. The molecule has 5 nitrogen and oxygen atoms in total. The third-order valence-corrected chi connectivity index (χ3v) is 2.95. The number of carboxylic acid groups (broad SMARTS) is 1. The Morgan fingerprint density at radius 1 is 1.29 bits per heavy atom. The zero-order valence-electron chi connectivity index (χ0n) is 12.8. The highest BCUT2D eigenvalue weighted by Crippen LogP contribution is 2.24. The molecule has 0 radical (unpaired) electrons. The molecular weight excluding hydrogens is 270 g/mol. The summed E-state index contributed by atoms with van der Waals surface area (Å²) >= 11 is 0. The first kappa shape index (κ1) is 17.0. The third kappa shape index (κ3) is 7.34. The van der Waals surface area contributed by atoms with Gasteiger partial charge in [-0.15, -0.1) is 0 Å². The monoisotopic (exact) mass is 293 g/mol. The van der Waals surface area contributed by atoms with Crippen LogP contribution in [-0.2, 0) is 9.59 Å². The van der Waals surface area contributed by atoms with Crippen molar-refractivity contribution in [2.24, 2.45) is 5.41 Å². The molecule has 21 heavy (non-hydrogen) atoms. The van der Waals surface area contributed by atoms with Crippen molar-refractivity contribution in [1.29, 1.82) is 0 Å². The number of carboxylic acids is 1. The van der Waals surface area contributed by atoms with Gasteiger partial charge in [0, 0.05) is 6.42 Å². The predicted octanol–water partition coefficient (Wildman–Crippen LogP) is 2.38. The molecule has 0 aromatic heterocycles. The highest BCUT2D eigenvalue weighted by atomic mass is 16.5. The molecule has 1 aromatic rings. The number of amides is 1. The second-order valence-corrected chi connectivity index (χ2v) is 5.93. The molecule has 0 spiro atoms. The minimum absolute atomic E-state index is 0.0276. The molecule has 1 amide bonds. The van der Waals surface area contributed by atoms with Crippen molar-refractivity contribution in [3.05, 3.63) is 29.8 Å². The molecule has 1 aromatic carbocycles. The zero-order valence-corrected chi connectivity index (χ0v) is 12.8. The molecule has 0 aliphatic rings. The summed E-state index contributed by atoms with van der Waals surface area (Å²) < 4.78 is 5.52. The summed E-state index contributed by atoms with van der Waals surface area (Å²) in [7, 11) is 0. The van der Waals surface area contributed by atoms with E-state index in [9.17, 15) is 9.59 Å². The van der Waals surface area contributed by atoms with E-state index < -0.39 is 11.4 Å². The van der Waals surface area contributed by atoms with Crippen LogP contribution in [0.3, 0.4) is 0 Å². The van der Waals surface area contributed by atoms with Gasteiger partial charge >= 0.3 is 5.97 Å². The summed E-state index contributed by atoms with van der Waals surface area (Å²) in [5.74, 6) is -0.278. The van der Waals surface area contributed by atoms with Crippen LogP contribution in [0.15, 0.2) is 24.3 Å². The first-order valence-electron chi connectivity index (χ1n) is 6.96. The van der Waals surface area contributed by atoms with Gasteiger partial charge in [0.1, 0.15) is 12.4 Å². The van der Waals surface area contributed by atoms with Crippen LogP contribution in [0.2, 0.25) is 0 Å². The average Bonchev–Trinajstić information content (AvgIpc) is 2.32. The van der Waals surface area contributed by atoms with E-state index >= 15 is 0 Å². The van der Waals surface area contributed by atoms with Crippen LogP contribution in [0.5, 0.6) is 5.75 Å². The van der Waals surface area contributed by atoms with E-state index in [0.29, 0.717) is 13.2 Å². The van der Waals surface area contributed by atoms with Crippen molar-refractivity contribution in [1.82, 2.24) is 5.32 Å². The molecule has 2 N–H and O–H groups in total. The molecule has 0 saturated heterocycles. The van der Waals surface area contributed by atoms with Gasteiger partial charge in [0.25, 0.3) is 0 Å². The molecule has 0 fully saturated rings. The fourth-order valence-corrected chi connectivity index (χ4v) is 2.03. The Kier molecular flexibility index (Phi) is 6.21. The Bertz CT molecular complexity index is 497. The second-order valence-electron chi connectivity index (χ2n) is 5.93. The number of rotatable bonds is 8. The molecule has 5 heteroatoms. The van der Waals surface area contributed by atoms with Crippen molar-refractivity contribution in [2.75, 3.05) is 13.2 Å². The number of nitrogens with one attached hydrogen (secondary N) is 1. The minimum atomic E-state index is -0.893. The van der Waals surface area contributed by atoms with Gasteiger partial charge in [-0.3, -0.25) is 9.59 Å². The number of benzene rings is 1. The van der Waals surface area contributed by atoms with E-state index in [1.807, 2.05) is 31.2 Å². The first-order chi connectivity index (χ1) is 9.78. The molecule has 0 atom stereocenters. The molecule has 0 unspecified atom stereocenters. The average molecular weight is 293 g/mol. The maximum atomic E-state index is 11.7. The number of carbonyl (C=O) groups excluding carboxylic acids is 1. The van der Waals surface area contributed by atoms with Crippen molar-refractivity contribution < 1.29 is 19.4 Å². The van der Waals surface area contributed by atoms with Crippen molar-refractivity contribution >= 4 is 11.9 Å². The van der Waals surface area contributed by atoms with Gasteiger partial charge in [0.2, 0.25) is 5.91 Å². The maximum absolute atomic E-state index is 11.7. The zero-order chi connectivity index (χ0) is 15.9. The Labute approximate surface area is 125 Å². The fraction of sp³-hybridized carbons (Fsp3) is 0.500. The molecule has 0 aliphatic carbocycles. The number of hydrogen-bond donors (Lipinski definition) is 2. The van der Waals surface area contributed by atoms with Crippen LogP contribution < -0.4 is 10.1 Å². The van der Waals surface area contributed by atoms with E-state index in [2.05, 4.69) is 5.32 Å². The minimum Gasteiger partial charge on any atom is -0.492 e. The van der Waals surface area contributed by atoms with Crippen LogP contribution in [0, 0.1) is 12.3 Å².